The van der Waals surface area contributed by atoms with Crippen molar-refractivity contribution in [3.05, 3.63) is 40.4 Å². The molecule has 7 heteroatoms. The van der Waals surface area contributed by atoms with Gasteiger partial charge in [-0.05, 0) is 17.7 Å². The molecule has 0 aliphatic rings. The number of halogens is 1. The van der Waals surface area contributed by atoms with Gasteiger partial charge in [-0.25, -0.2) is 9.97 Å². The molecule has 0 atom stereocenters. The molecule has 5 nitrogen and oxygen atoms in total. The predicted molar refractivity (Wildman–Crippen MR) is 97.7 cm³/mol. The van der Waals surface area contributed by atoms with Gasteiger partial charge in [-0.15, -0.1) is 11.3 Å². The fourth-order valence-electron chi connectivity index (χ4n) is 2.17. The van der Waals surface area contributed by atoms with E-state index in [9.17, 15) is 4.79 Å². The standard InChI is InChI=1S/C16H15BrN4OS/c1-21(2)13(22)7-18-15-14-12(8-23-16(14)20-9-19-15)10-3-5-11(17)6-4-10/h3-6,8-9H,7H2,1-2H3,(H,18,19,20). The summed E-state index contributed by atoms with van der Waals surface area (Å²) in [5.74, 6) is 0.682. The first-order valence-corrected chi connectivity index (χ1v) is 8.65. The molecule has 2 aromatic heterocycles. The van der Waals surface area contributed by atoms with E-state index in [2.05, 4.69) is 36.6 Å². The van der Waals surface area contributed by atoms with Gasteiger partial charge >= 0.3 is 0 Å². The van der Waals surface area contributed by atoms with Gasteiger partial charge in [0.05, 0.1) is 11.9 Å². The van der Waals surface area contributed by atoms with Crippen LogP contribution in [0.2, 0.25) is 0 Å². The zero-order valence-electron chi connectivity index (χ0n) is 12.7. The number of hydrogen-bond acceptors (Lipinski definition) is 5. The molecule has 0 saturated carbocycles. The molecule has 0 saturated heterocycles. The first-order valence-electron chi connectivity index (χ1n) is 6.98. The van der Waals surface area contributed by atoms with Crippen LogP contribution in [0.15, 0.2) is 40.4 Å². The maximum Gasteiger partial charge on any atom is 0.241 e. The summed E-state index contributed by atoms with van der Waals surface area (Å²) in [7, 11) is 3.47. The minimum Gasteiger partial charge on any atom is -0.360 e. The average Bonchev–Trinajstić information content (AvgIpc) is 2.98. The SMILES string of the molecule is CN(C)C(=O)CNc1ncnc2scc(-c3ccc(Br)cc3)c12. The third-order valence-corrected chi connectivity index (χ3v) is 4.85. The zero-order chi connectivity index (χ0) is 16.4. The number of fused-ring (bicyclic) bond motifs is 1. The lowest BCUT2D eigenvalue weighted by Crippen LogP contribution is -2.28. The fraction of sp³-hybridized carbons (Fsp3) is 0.188. The molecular weight excluding hydrogens is 376 g/mol. The minimum atomic E-state index is -0.00261. The molecule has 0 unspecified atom stereocenters. The molecule has 0 aliphatic heterocycles. The number of nitrogens with zero attached hydrogens (tertiary/aromatic N) is 3. The molecule has 0 fully saturated rings. The monoisotopic (exact) mass is 390 g/mol. The topological polar surface area (TPSA) is 58.1 Å². The van der Waals surface area contributed by atoms with E-state index in [1.165, 1.54) is 6.33 Å². The van der Waals surface area contributed by atoms with Gasteiger partial charge in [0.25, 0.3) is 0 Å². The molecule has 0 bridgehead atoms. The summed E-state index contributed by atoms with van der Waals surface area (Å²) in [6, 6.07) is 8.11. The van der Waals surface area contributed by atoms with Crippen LogP contribution in [-0.4, -0.2) is 41.4 Å². The largest absolute Gasteiger partial charge is 0.360 e. The van der Waals surface area contributed by atoms with Crippen LogP contribution in [-0.2, 0) is 4.79 Å². The molecule has 1 amide bonds. The number of anilines is 1. The van der Waals surface area contributed by atoms with Crippen molar-refractivity contribution >= 4 is 49.2 Å². The van der Waals surface area contributed by atoms with Crippen molar-refractivity contribution in [3.8, 4) is 11.1 Å². The van der Waals surface area contributed by atoms with Gasteiger partial charge in [0.1, 0.15) is 17.0 Å². The molecule has 0 radical (unpaired) electrons. The van der Waals surface area contributed by atoms with Crippen LogP contribution in [0.5, 0.6) is 0 Å². The third kappa shape index (κ3) is 3.35. The van der Waals surface area contributed by atoms with Crippen molar-refractivity contribution in [2.24, 2.45) is 0 Å². The second kappa shape index (κ2) is 6.64. The van der Waals surface area contributed by atoms with Crippen LogP contribution >= 0.6 is 27.3 Å². The van der Waals surface area contributed by atoms with Gasteiger partial charge in [0.2, 0.25) is 5.91 Å². The number of nitrogens with one attached hydrogen (secondary N) is 1. The maximum absolute atomic E-state index is 11.8. The van der Waals surface area contributed by atoms with Crippen molar-refractivity contribution in [1.82, 2.24) is 14.9 Å². The van der Waals surface area contributed by atoms with E-state index in [1.807, 2.05) is 24.3 Å². The van der Waals surface area contributed by atoms with Crippen molar-refractivity contribution in [1.29, 1.82) is 0 Å². The Balaban J connectivity index is 2.00. The fourth-order valence-corrected chi connectivity index (χ4v) is 3.35. The van der Waals surface area contributed by atoms with Gasteiger partial charge < -0.3 is 10.2 Å². The van der Waals surface area contributed by atoms with E-state index in [0.29, 0.717) is 5.82 Å². The Morgan fingerprint density at radius 2 is 2.00 bits per heavy atom. The number of rotatable bonds is 4. The van der Waals surface area contributed by atoms with Crippen molar-refractivity contribution in [2.75, 3.05) is 26.0 Å². The van der Waals surface area contributed by atoms with E-state index in [1.54, 1.807) is 30.3 Å². The van der Waals surface area contributed by atoms with Crippen molar-refractivity contribution < 1.29 is 4.79 Å². The summed E-state index contributed by atoms with van der Waals surface area (Å²) in [4.78, 5) is 22.9. The number of aromatic nitrogens is 2. The van der Waals surface area contributed by atoms with Crippen LogP contribution < -0.4 is 5.32 Å². The Morgan fingerprint density at radius 3 is 2.70 bits per heavy atom. The van der Waals surface area contributed by atoms with E-state index in [-0.39, 0.29) is 12.5 Å². The van der Waals surface area contributed by atoms with E-state index in [4.69, 9.17) is 0 Å². The van der Waals surface area contributed by atoms with Gasteiger partial charge in [0.15, 0.2) is 0 Å². The highest BCUT2D eigenvalue weighted by Crippen LogP contribution is 2.36. The number of benzene rings is 1. The highest BCUT2D eigenvalue weighted by atomic mass is 79.9. The highest BCUT2D eigenvalue weighted by molar-refractivity contribution is 9.10. The lowest BCUT2D eigenvalue weighted by atomic mass is 10.1. The number of amides is 1. The van der Waals surface area contributed by atoms with Crippen LogP contribution in [0.25, 0.3) is 21.3 Å². The number of thiophene rings is 1. The summed E-state index contributed by atoms with van der Waals surface area (Å²) in [5, 5.41) is 6.15. The summed E-state index contributed by atoms with van der Waals surface area (Å²) >= 11 is 5.02. The second-order valence-corrected chi connectivity index (χ2v) is 6.97. The summed E-state index contributed by atoms with van der Waals surface area (Å²) in [6.07, 6.45) is 1.52. The van der Waals surface area contributed by atoms with E-state index >= 15 is 0 Å². The number of likely N-dealkylation sites (N-methyl/N-ethyl adjacent to an activating group) is 1. The first kappa shape index (κ1) is 15.9. The predicted octanol–water partition coefficient (Wildman–Crippen LogP) is 3.62. The molecule has 0 aliphatic carbocycles. The van der Waals surface area contributed by atoms with Gasteiger partial charge in [-0.1, -0.05) is 28.1 Å². The summed E-state index contributed by atoms with van der Waals surface area (Å²) in [5.41, 5.74) is 2.16. The highest BCUT2D eigenvalue weighted by Gasteiger charge is 2.14. The molecule has 23 heavy (non-hydrogen) atoms. The Morgan fingerprint density at radius 1 is 1.26 bits per heavy atom. The van der Waals surface area contributed by atoms with E-state index < -0.39 is 0 Å². The average molecular weight is 391 g/mol. The lowest BCUT2D eigenvalue weighted by molar-refractivity contribution is -0.126. The van der Waals surface area contributed by atoms with Crippen LogP contribution in [0.1, 0.15) is 0 Å². The molecule has 0 spiro atoms. The van der Waals surface area contributed by atoms with Crippen LogP contribution in [0.3, 0.4) is 0 Å². The van der Waals surface area contributed by atoms with Crippen LogP contribution in [0.4, 0.5) is 5.82 Å². The molecule has 3 rings (SSSR count). The van der Waals surface area contributed by atoms with Crippen LogP contribution in [0, 0.1) is 0 Å². The molecule has 3 aromatic rings. The lowest BCUT2D eigenvalue weighted by Gasteiger charge is -2.12. The first-order chi connectivity index (χ1) is 11.1. The van der Waals surface area contributed by atoms with Gasteiger partial charge in [0, 0.05) is 29.5 Å². The zero-order valence-corrected chi connectivity index (χ0v) is 15.1. The molecule has 1 N–H and O–H groups in total. The van der Waals surface area contributed by atoms with Gasteiger partial charge in [-0.2, -0.15) is 0 Å². The summed E-state index contributed by atoms with van der Waals surface area (Å²) < 4.78 is 1.03. The maximum atomic E-state index is 11.8. The Hall–Kier alpha value is -1.99. The Bertz CT molecular complexity index is 845. The van der Waals surface area contributed by atoms with Crippen molar-refractivity contribution in [2.45, 2.75) is 0 Å². The second-order valence-electron chi connectivity index (χ2n) is 5.20. The quantitative estimate of drug-likeness (QED) is 0.738. The normalized spacial score (nSPS) is 10.7. The van der Waals surface area contributed by atoms with Gasteiger partial charge in [-0.3, -0.25) is 4.79 Å². The smallest absolute Gasteiger partial charge is 0.241 e. The Labute approximate surface area is 146 Å². The summed E-state index contributed by atoms with van der Waals surface area (Å²) in [6.45, 7) is 0.203. The van der Waals surface area contributed by atoms with E-state index in [0.717, 1.165) is 25.8 Å². The third-order valence-electron chi connectivity index (χ3n) is 3.43. The number of carbonyl (C=O) groups is 1. The molecule has 2 heterocycles. The Kier molecular flexibility index (Phi) is 4.58. The number of hydrogen-bond donors (Lipinski definition) is 1. The van der Waals surface area contributed by atoms with Crippen molar-refractivity contribution in [3.63, 3.8) is 0 Å². The molecule has 118 valence electrons. The molecule has 1 aromatic carbocycles. The number of carbonyl (C=O) groups excluding carboxylic acids is 1. The minimum absolute atomic E-state index is 0.00261. The molecular formula is C16H15BrN4OS.